The van der Waals surface area contributed by atoms with E-state index >= 15 is 0 Å². The minimum Gasteiger partial charge on any atom is -0.465 e. The molecule has 1 aromatic carbocycles. The Labute approximate surface area is 174 Å². The summed E-state index contributed by atoms with van der Waals surface area (Å²) in [7, 11) is -3.79. The van der Waals surface area contributed by atoms with Gasteiger partial charge in [0.2, 0.25) is 5.91 Å². The second kappa shape index (κ2) is 10.5. The van der Waals surface area contributed by atoms with Crippen LogP contribution in [0.4, 0.5) is 16.2 Å². The van der Waals surface area contributed by atoms with E-state index in [-0.39, 0.29) is 13.0 Å². The summed E-state index contributed by atoms with van der Waals surface area (Å²) < 4.78 is 23.8. The Kier molecular flexibility index (Phi) is 8.09. The fourth-order valence-corrected chi connectivity index (χ4v) is 3.14. The fraction of sp³-hybridized carbons (Fsp3) is 0.278. The third kappa shape index (κ3) is 7.66. The highest BCUT2D eigenvalue weighted by molar-refractivity contribution is 7.87. The van der Waals surface area contributed by atoms with Gasteiger partial charge in [0, 0.05) is 18.9 Å². The lowest BCUT2D eigenvalue weighted by Gasteiger charge is -2.18. The van der Waals surface area contributed by atoms with E-state index in [2.05, 4.69) is 20.3 Å². The zero-order valence-corrected chi connectivity index (χ0v) is 16.9. The Balaban J connectivity index is 2.04. The van der Waals surface area contributed by atoms with Crippen molar-refractivity contribution in [1.29, 1.82) is 0 Å². The van der Waals surface area contributed by atoms with E-state index in [0.717, 1.165) is 11.1 Å². The molecule has 0 saturated heterocycles. The zero-order chi connectivity index (χ0) is 22.1. The number of hydrogen-bond acceptors (Lipinski definition) is 6. The smallest absolute Gasteiger partial charge is 0.405 e. The Morgan fingerprint density at radius 3 is 2.43 bits per heavy atom. The van der Waals surface area contributed by atoms with E-state index < -0.39 is 28.3 Å². The molecule has 8 N–H and O–H groups in total. The van der Waals surface area contributed by atoms with Crippen molar-refractivity contribution < 1.29 is 23.1 Å². The average molecular weight is 436 g/mol. The molecular formula is C18H24N6O5S. The number of rotatable bonds is 10. The molecular weight excluding hydrogens is 412 g/mol. The van der Waals surface area contributed by atoms with Crippen LogP contribution in [0.15, 0.2) is 42.7 Å². The van der Waals surface area contributed by atoms with Gasteiger partial charge in [0.1, 0.15) is 6.04 Å². The van der Waals surface area contributed by atoms with Crippen molar-refractivity contribution in [3.8, 4) is 11.1 Å². The second-order valence-corrected chi connectivity index (χ2v) is 7.84. The molecule has 1 heterocycles. The van der Waals surface area contributed by atoms with E-state index in [1.54, 1.807) is 30.6 Å². The molecule has 2 amide bonds. The third-order valence-corrected chi connectivity index (χ3v) is 4.77. The maximum Gasteiger partial charge on any atom is 0.405 e. The molecule has 0 aliphatic rings. The first-order valence-electron chi connectivity index (χ1n) is 9.03. The number of benzene rings is 1. The van der Waals surface area contributed by atoms with Crippen LogP contribution in [0.1, 0.15) is 19.3 Å². The minimum absolute atomic E-state index is 0.0845. The van der Waals surface area contributed by atoms with Crippen molar-refractivity contribution in [2.24, 2.45) is 5.14 Å². The summed E-state index contributed by atoms with van der Waals surface area (Å²) in [6, 6.07) is 7.70. The highest BCUT2D eigenvalue weighted by atomic mass is 32.2. The van der Waals surface area contributed by atoms with Gasteiger partial charge in [0.25, 0.3) is 10.2 Å². The van der Waals surface area contributed by atoms with Gasteiger partial charge in [-0.25, -0.2) is 14.7 Å². The predicted molar refractivity (Wildman–Crippen MR) is 113 cm³/mol. The van der Waals surface area contributed by atoms with Crippen LogP contribution in [0.2, 0.25) is 0 Å². The van der Waals surface area contributed by atoms with Crippen molar-refractivity contribution in [2.45, 2.75) is 25.3 Å². The molecule has 1 aromatic heterocycles. The summed E-state index contributed by atoms with van der Waals surface area (Å²) >= 11 is 0. The van der Waals surface area contributed by atoms with E-state index in [1.807, 2.05) is 12.1 Å². The number of carboxylic acid groups (broad SMARTS) is 1. The van der Waals surface area contributed by atoms with E-state index in [0.29, 0.717) is 24.2 Å². The summed E-state index contributed by atoms with van der Waals surface area (Å²) in [5, 5.41) is 18.7. The molecule has 1 unspecified atom stereocenters. The van der Waals surface area contributed by atoms with Crippen LogP contribution in [-0.4, -0.2) is 43.1 Å². The summed E-state index contributed by atoms with van der Waals surface area (Å²) in [4.78, 5) is 27.7. The van der Waals surface area contributed by atoms with Crippen molar-refractivity contribution in [3.63, 3.8) is 0 Å². The molecule has 12 heteroatoms. The fourth-order valence-electron chi connectivity index (χ4n) is 2.71. The van der Waals surface area contributed by atoms with Crippen molar-refractivity contribution in [2.75, 3.05) is 17.6 Å². The first kappa shape index (κ1) is 23.1. The van der Waals surface area contributed by atoms with Crippen LogP contribution >= 0.6 is 0 Å². The monoisotopic (exact) mass is 436 g/mol. The number of aromatic nitrogens is 1. The quantitative estimate of drug-likeness (QED) is 0.235. The van der Waals surface area contributed by atoms with Gasteiger partial charge >= 0.3 is 6.09 Å². The topological polar surface area (TPSA) is 190 Å². The molecule has 30 heavy (non-hydrogen) atoms. The first-order chi connectivity index (χ1) is 14.2. The number of nitrogen functional groups attached to an aromatic ring is 1. The van der Waals surface area contributed by atoms with Crippen LogP contribution in [0.25, 0.3) is 11.1 Å². The summed E-state index contributed by atoms with van der Waals surface area (Å²) in [6.45, 7) is 0.0845. The van der Waals surface area contributed by atoms with E-state index in [4.69, 9.17) is 16.0 Å². The standard InChI is InChI=1S/C18H24N6O5S/c19-14-5-4-13(12-6-9-21-10-7-12)11-16(14)23-17(25)15(24-18(26)27)3-1-2-8-22-30(20,28)29/h4-7,9-11,15,22,24H,1-3,8,19H2,(H,23,25)(H,26,27)(H2,20,28,29). The van der Waals surface area contributed by atoms with Gasteiger partial charge in [-0.2, -0.15) is 8.42 Å². The molecule has 0 aliphatic carbocycles. The van der Waals surface area contributed by atoms with Crippen molar-refractivity contribution in [3.05, 3.63) is 42.7 Å². The lowest BCUT2D eigenvalue weighted by atomic mass is 10.0. The maximum absolute atomic E-state index is 12.6. The average Bonchev–Trinajstić information content (AvgIpc) is 2.68. The van der Waals surface area contributed by atoms with Crippen molar-refractivity contribution >= 4 is 33.6 Å². The van der Waals surface area contributed by atoms with Gasteiger partial charge in [-0.1, -0.05) is 6.07 Å². The Hall–Kier alpha value is -3.22. The van der Waals surface area contributed by atoms with Crippen LogP contribution < -0.4 is 26.2 Å². The largest absolute Gasteiger partial charge is 0.465 e. The van der Waals surface area contributed by atoms with Gasteiger partial charge in [-0.3, -0.25) is 9.78 Å². The molecule has 2 aromatic rings. The lowest BCUT2D eigenvalue weighted by Crippen LogP contribution is -2.43. The number of nitrogens with one attached hydrogen (secondary N) is 3. The number of nitrogens with two attached hydrogens (primary N) is 2. The normalized spacial score (nSPS) is 12.2. The summed E-state index contributed by atoms with van der Waals surface area (Å²) in [6.07, 6.45) is 2.85. The minimum atomic E-state index is -3.79. The number of unbranched alkanes of at least 4 members (excludes halogenated alkanes) is 1. The van der Waals surface area contributed by atoms with Gasteiger partial charge in [0.15, 0.2) is 0 Å². The number of nitrogens with zero attached hydrogens (tertiary/aromatic N) is 1. The molecule has 0 saturated carbocycles. The molecule has 162 valence electrons. The molecule has 0 aliphatic heterocycles. The van der Waals surface area contributed by atoms with Gasteiger partial charge in [0.05, 0.1) is 11.4 Å². The third-order valence-electron chi connectivity index (χ3n) is 4.16. The highest BCUT2D eigenvalue weighted by Crippen LogP contribution is 2.27. The number of carbonyl (C=O) groups is 2. The van der Waals surface area contributed by atoms with Gasteiger partial charge in [-0.15, -0.1) is 0 Å². The Morgan fingerprint density at radius 1 is 1.10 bits per heavy atom. The predicted octanol–water partition coefficient (Wildman–Crippen LogP) is 0.869. The van der Waals surface area contributed by atoms with E-state index in [1.165, 1.54) is 0 Å². The highest BCUT2D eigenvalue weighted by Gasteiger charge is 2.21. The molecule has 0 bridgehead atoms. The van der Waals surface area contributed by atoms with Crippen LogP contribution in [-0.2, 0) is 15.0 Å². The maximum atomic E-state index is 12.6. The Bertz CT molecular complexity index is 984. The van der Waals surface area contributed by atoms with Gasteiger partial charge < -0.3 is 21.5 Å². The molecule has 0 radical (unpaired) electrons. The number of carbonyl (C=O) groups excluding carboxylic acids is 1. The SMILES string of the molecule is Nc1ccc(-c2ccncc2)cc1NC(=O)C(CCCCNS(N)(=O)=O)NC(=O)O. The van der Waals surface area contributed by atoms with Crippen molar-refractivity contribution in [1.82, 2.24) is 15.0 Å². The zero-order valence-electron chi connectivity index (χ0n) is 16.0. The molecule has 11 nitrogen and oxygen atoms in total. The Morgan fingerprint density at radius 2 is 1.80 bits per heavy atom. The summed E-state index contributed by atoms with van der Waals surface area (Å²) in [5.74, 6) is -0.574. The molecule has 2 rings (SSSR count). The van der Waals surface area contributed by atoms with Crippen LogP contribution in [0.5, 0.6) is 0 Å². The molecule has 0 fully saturated rings. The van der Waals surface area contributed by atoms with Crippen LogP contribution in [0.3, 0.4) is 0 Å². The second-order valence-electron chi connectivity index (χ2n) is 6.46. The molecule has 1 atom stereocenters. The first-order valence-corrected chi connectivity index (χ1v) is 10.6. The number of amides is 2. The number of anilines is 2. The molecule has 0 spiro atoms. The lowest BCUT2D eigenvalue weighted by molar-refractivity contribution is -0.118. The number of hydrogen-bond donors (Lipinski definition) is 6. The number of pyridine rings is 1. The summed E-state index contributed by atoms with van der Waals surface area (Å²) in [5.41, 5.74) is 8.31. The van der Waals surface area contributed by atoms with Gasteiger partial charge in [-0.05, 0) is 54.7 Å². The van der Waals surface area contributed by atoms with E-state index in [9.17, 15) is 18.0 Å². The van der Waals surface area contributed by atoms with Crippen LogP contribution in [0, 0.1) is 0 Å².